The first-order valence-corrected chi connectivity index (χ1v) is 9.14. The molecule has 0 spiro atoms. The maximum atomic E-state index is 12.5. The van der Waals surface area contributed by atoms with Gasteiger partial charge >= 0.3 is 5.97 Å². The average Bonchev–Trinajstić information content (AvgIpc) is 2.67. The highest BCUT2D eigenvalue weighted by Crippen LogP contribution is 2.33. The molecule has 2 aromatic carbocycles. The van der Waals surface area contributed by atoms with Gasteiger partial charge in [0.15, 0.2) is 0 Å². The summed E-state index contributed by atoms with van der Waals surface area (Å²) in [6.45, 7) is 1.74. The summed E-state index contributed by atoms with van der Waals surface area (Å²) < 4.78 is 0. The van der Waals surface area contributed by atoms with E-state index in [0.717, 1.165) is 19.3 Å². The van der Waals surface area contributed by atoms with Gasteiger partial charge in [0.2, 0.25) is 5.91 Å². The summed E-state index contributed by atoms with van der Waals surface area (Å²) in [5.74, 6) is -0.810. The van der Waals surface area contributed by atoms with E-state index in [1.165, 1.54) is 11.1 Å². The van der Waals surface area contributed by atoms with E-state index in [9.17, 15) is 14.7 Å². The van der Waals surface area contributed by atoms with Gasteiger partial charge in [0.1, 0.15) is 5.41 Å². The molecule has 1 aliphatic rings. The summed E-state index contributed by atoms with van der Waals surface area (Å²) in [5, 5.41) is 12.6. The summed E-state index contributed by atoms with van der Waals surface area (Å²) in [5.41, 5.74) is 2.14. The molecule has 0 bridgehead atoms. The standard InChI is InChI=1S/C22H25NO3/c1-22(21(25)26,18-11-3-2-4-12-18)15-23-20(24)14-17-10-7-9-16-8-5-6-13-19(16)17/h2-6,8,11-13,17H,7,9-10,14-15H2,1H3,(H,23,24)(H,25,26). The molecule has 0 saturated heterocycles. The number of carboxylic acids is 1. The average molecular weight is 351 g/mol. The number of aliphatic carboxylic acids is 1. The minimum absolute atomic E-state index is 0.0829. The predicted molar refractivity (Wildman–Crippen MR) is 101 cm³/mol. The fourth-order valence-corrected chi connectivity index (χ4v) is 3.75. The Balaban J connectivity index is 1.66. The molecule has 0 fully saturated rings. The van der Waals surface area contributed by atoms with Crippen LogP contribution in [-0.4, -0.2) is 23.5 Å². The van der Waals surface area contributed by atoms with Gasteiger partial charge in [-0.25, -0.2) is 0 Å². The first-order valence-electron chi connectivity index (χ1n) is 9.14. The summed E-state index contributed by atoms with van der Waals surface area (Å²) in [6, 6.07) is 17.4. The number of carboxylic acid groups (broad SMARTS) is 1. The Hall–Kier alpha value is -2.62. The Morgan fingerprint density at radius 3 is 2.54 bits per heavy atom. The molecule has 0 radical (unpaired) electrons. The van der Waals surface area contributed by atoms with Crippen LogP contribution in [0.5, 0.6) is 0 Å². The summed E-state index contributed by atoms with van der Waals surface area (Å²) >= 11 is 0. The third-order valence-electron chi connectivity index (χ3n) is 5.45. The van der Waals surface area contributed by atoms with E-state index in [1.54, 1.807) is 19.1 Å². The van der Waals surface area contributed by atoms with Gasteiger partial charge in [0.25, 0.3) is 0 Å². The van der Waals surface area contributed by atoms with E-state index >= 15 is 0 Å². The highest BCUT2D eigenvalue weighted by molar-refractivity contribution is 5.83. The number of hydrogen-bond donors (Lipinski definition) is 2. The molecule has 26 heavy (non-hydrogen) atoms. The highest BCUT2D eigenvalue weighted by atomic mass is 16.4. The van der Waals surface area contributed by atoms with Crippen LogP contribution < -0.4 is 5.32 Å². The van der Waals surface area contributed by atoms with Crippen LogP contribution in [0.25, 0.3) is 0 Å². The Bertz CT molecular complexity index is 787. The van der Waals surface area contributed by atoms with Gasteiger partial charge < -0.3 is 10.4 Å². The second-order valence-electron chi connectivity index (χ2n) is 7.27. The van der Waals surface area contributed by atoms with Crippen molar-refractivity contribution in [1.29, 1.82) is 0 Å². The van der Waals surface area contributed by atoms with Crippen molar-refractivity contribution in [3.8, 4) is 0 Å². The summed E-state index contributed by atoms with van der Waals surface area (Å²) in [4.78, 5) is 24.4. The molecular formula is C22H25NO3. The fourth-order valence-electron chi connectivity index (χ4n) is 3.75. The Morgan fingerprint density at radius 2 is 1.81 bits per heavy atom. The minimum atomic E-state index is -1.14. The van der Waals surface area contributed by atoms with Crippen molar-refractivity contribution in [3.63, 3.8) is 0 Å². The molecular weight excluding hydrogens is 326 g/mol. The van der Waals surface area contributed by atoms with Crippen molar-refractivity contribution >= 4 is 11.9 Å². The number of fused-ring (bicyclic) bond motifs is 1. The van der Waals surface area contributed by atoms with Gasteiger partial charge in [-0.05, 0) is 48.8 Å². The molecule has 2 atom stereocenters. The molecule has 4 heteroatoms. The number of nitrogens with one attached hydrogen (secondary N) is 1. The molecule has 2 unspecified atom stereocenters. The number of carbonyl (C=O) groups excluding carboxylic acids is 1. The van der Waals surface area contributed by atoms with E-state index in [-0.39, 0.29) is 18.4 Å². The third kappa shape index (κ3) is 3.79. The molecule has 0 heterocycles. The normalized spacial score (nSPS) is 18.4. The van der Waals surface area contributed by atoms with Crippen LogP contribution in [0.1, 0.15) is 48.8 Å². The van der Waals surface area contributed by atoms with Crippen molar-refractivity contribution in [2.75, 3.05) is 6.54 Å². The lowest BCUT2D eigenvalue weighted by atomic mass is 9.80. The van der Waals surface area contributed by atoms with Crippen LogP contribution in [0.4, 0.5) is 0 Å². The maximum absolute atomic E-state index is 12.5. The topological polar surface area (TPSA) is 66.4 Å². The second-order valence-corrected chi connectivity index (χ2v) is 7.27. The SMILES string of the molecule is CC(CNC(=O)CC1CCCc2ccccc21)(C(=O)O)c1ccccc1. The van der Waals surface area contributed by atoms with Crippen molar-refractivity contribution in [3.05, 3.63) is 71.3 Å². The lowest BCUT2D eigenvalue weighted by molar-refractivity contribution is -0.143. The number of benzene rings is 2. The molecule has 4 nitrogen and oxygen atoms in total. The quantitative estimate of drug-likeness (QED) is 0.835. The lowest BCUT2D eigenvalue weighted by Gasteiger charge is -2.28. The predicted octanol–water partition coefficient (Wildman–Crippen LogP) is 3.66. The molecule has 0 saturated carbocycles. The molecule has 1 aliphatic carbocycles. The molecule has 0 aromatic heterocycles. The van der Waals surface area contributed by atoms with Crippen LogP contribution in [-0.2, 0) is 21.4 Å². The molecule has 0 aliphatic heterocycles. The van der Waals surface area contributed by atoms with Gasteiger partial charge in [-0.1, -0.05) is 54.6 Å². The zero-order chi connectivity index (χ0) is 18.6. The highest BCUT2D eigenvalue weighted by Gasteiger charge is 2.35. The van der Waals surface area contributed by atoms with Crippen molar-refractivity contribution < 1.29 is 14.7 Å². The van der Waals surface area contributed by atoms with Crippen LogP contribution in [0.2, 0.25) is 0 Å². The molecule has 2 N–H and O–H groups in total. The number of amides is 1. The zero-order valence-electron chi connectivity index (χ0n) is 15.1. The van der Waals surface area contributed by atoms with E-state index in [4.69, 9.17) is 0 Å². The van der Waals surface area contributed by atoms with Gasteiger partial charge in [0, 0.05) is 13.0 Å². The monoisotopic (exact) mass is 351 g/mol. The molecule has 1 amide bonds. The van der Waals surface area contributed by atoms with Crippen molar-refractivity contribution in [2.45, 2.75) is 43.9 Å². The Kier molecular flexibility index (Phi) is 5.40. The molecule has 3 rings (SSSR count). The first kappa shape index (κ1) is 18.2. The largest absolute Gasteiger partial charge is 0.481 e. The zero-order valence-corrected chi connectivity index (χ0v) is 15.1. The summed E-state index contributed by atoms with van der Waals surface area (Å²) in [7, 11) is 0. The van der Waals surface area contributed by atoms with E-state index in [0.29, 0.717) is 12.0 Å². The van der Waals surface area contributed by atoms with E-state index in [2.05, 4.69) is 17.4 Å². The first-order chi connectivity index (χ1) is 12.5. The van der Waals surface area contributed by atoms with Crippen LogP contribution in [0.3, 0.4) is 0 Å². The van der Waals surface area contributed by atoms with Gasteiger partial charge in [-0.15, -0.1) is 0 Å². The fraction of sp³-hybridized carbons (Fsp3) is 0.364. The van der Waals surface area contributed by atoms with Crippen molar-refractivity contribution in [2.24, 2.45) is 0 Å². The number of hydrogen-bond acceptors (Lipinski definition) is 2. The number of carbonyl (C=O) groups is 2. The van der Waals surface area contributed by atoms with Gasteiger partial charge in [-0.2, -0.15) is 0 Å². The maximum Gasteiger partial charge on any atom is 0.315 e. The lowest BCUT2D eigenvalue weighted by Crippen LogP contribution is -2.44. The summed E-state index contributed by atoms with van der Waals surface area (Å²) in [6.07, 6.45) is 3.56. The van der Waals surface area contributed by atoms with Crippen LogP contribution in [0, 0.1) is 0 Å². The smallest absolute Gasteiger partial charge is 0.315 e. The number of rotatable bonds is 6. The third-order valence-corrected chi connectivity index (χ3v) is 5.45. The van der Waals surface area contributed by atoms with Crippen molar-refractivity contribution in [1.82, 2.24) is 5.32 Å². The van der Waals surface area contributed by atoms with E-state index in [1.807, 2.05) is 30.3 Å². The second kappa shape index (κ2) is 7.73. The van der Waals surface area contributed by atoms with Gasteiger partial charge in [-0.3, -0.25) is 9.59 Å². The molecule has 136 valence electrons. The molecule has 2 aromatic rings. The van der Waals surface area contributed by atoms with Crippen LogP contribution in [0.15, 0.2) is 54.6 Å². The minimum Gasteiger partial charge on any atom is -0.481 e. The Labute approximate surface area is 154 Å². The Morgan fingerprint density at radius 1 is 1.12 bits per heavy atom. The van der Waals surface area contributed by atoms with Crippen LogP contribution >= 0.6 is 0 Å². The van der Waals surface area contributed by atoms with E-state index < -0.39 is 11.4 Å². The number of aryl methyl sites for hydroxylation is 1. The van der Waals surface area contributed by atoms with Gasteiger partial charge in [0.05, 0.1) is 0 Å².